The largest absolute Gasteiger partial charge is 0.548 e. The highest BCUT2D eigenvalue weighted by molar-refractivity contribution is 6.30. The molecule has 0 aromatic heterocycles. The third kappa shape index (κ3) is 5.00. The van der Waals surface area contributed by atoms with Gasteiger partial charge in [-0.3, -0.25) is 4.99 Å². The normalized spacial score (nSPS) is 13.2. The molecule has 0 aliphatic heterocycles. The van der Waals surface area contributed by atoms with Crippen LogP contribution in [0.5, 0.6) is 0 Å². The number of aliphatic imine (C=N–C) groups is 1. The quantitative estimate of drug-likeness (QED) is 0.752. The highest BCUT2D eigenvalue weighted by Gasteiger charge is 2.09. The van der Waals surface area contributed by atoms with E-state index in [1.807, 2.05) is 13.8 Å². The SMILES string of the molecule is CC(C)CC(N=Cc1ccc(Cl)cc1)C(=O)[O-]. The van der Waals surface area contributed by atoms with Crippen LogP contribution < -0.4 is 5.11 Å². The monoisotopic (exact) mass is 252 g/mol. The number of carboxylic acids is 1. The van der Waals surface area contributed by atoms with Crippen LogP contribution in [0.3, 0.4) is 0 Å². The summed E-state index contributed by atoms with van der Waals surface area (Å²) in [5, 5.41) is 11.5. The van der Waals surface area contributed by atoms with Crippen molar-refractivity contribution in [3.8, 4) is 0 Å². The molecule has 1 unspecified atom stereocenters. The molecular formula is C13H15ClNO2-. The third-order valence-electron chi connectivity index (χ3n) is 2.24. The lowest BCUT2D eigenvalue weighted by Crippen LogP contribution is -2.35. The van der Waals surface area contributed by atoms with Crippen LogP contribution in [0, 0.1) is 5.92 Å². The number of halogens is 1. The van der Waals surface area contributed by atoms with Crippen LogP contribution in [0.25, 0.3) is 0 Å². The number of carbonyl (C=O) groups is 1. The van der Waals surface area contributed by atoms with Crippen molar-refractivity contribution in [2.75, 3.05) is 0 Å². The average molecular weight is 253 g/mol. The topological polar surface area (TPSA) is 52.5 Å². The Bertz CT molecular complexity index is 398. The van der Waals surface area contributed by atoms with Crippen molar-refractivity contribution in [2.24, 2.45) is 10.9 Å². The van der Waals surface area contributed by atoms with Gasteiger partial charge >= 0.3 is 0 Å². The van der Waals surface area contributed by atoms with Crippen LogP contribution in [0.4, 0.5) is 0 Å². The summed E-state index contributed by atoms with van der Waals surface area (Å²) in [5.74, 6) is -0.871. The standard InChI is InChI=1S/C13H16ClNO2/c1-9(2)7-12(13(16)17)15-8-10-3-5-11(14)6-4-10/h3-6,8-9,12H,7H2,1-2H3,(H,16,17)/p-1. The minimum atomic E-state index is -1.14. The number of carbonyl (C=O) groups excluding carboxylic acids is 1. The van der Waals surface area contributed by atoms with Crippen molar-refractivity contribution in [2.45, 2.75) is 26.3 Å². The first-order valence-corrected chi connectivity index (χ1v) is 5.86. The number of carboxylic acid groups (broad SMARTS) is 1. The molecule has 0 amide bonds. The lowest BCUT2D eigenvalue weighted by molar-refractivity contribution is -0.307. The zero-order valence-electron chi connectivity index (χ0n) is 9.89. The molecule has 0 aliphatic carbocycles. The van der Waals surface area contributed by atoms with Gasteiger partial charge in [0.25, 0.3) is 0 Å². The highest BCUT2D eigenvalue weighted by atomic mass is 35.5. The molecule has 1 aromatic rings. The van der Waals surface area contributed by atoms with Gasteiger partial charge in [-0.2, -0.15) is 0 Å². The predicted octanol–water partition coefficient (Wildman–Crippen LogP) is 1.92. The van der Waals surface area contributed by atoms with E-state index >= 15 is 0 Å². The fourth-order valence-corrected chi connectivity index (χ4v) is 1.52. The van der Waals surface area contributed by atoms with Gasteiger partial charge in [-0.05, 0) is 30.0 Å². The summed E-state index contributed by atoms with van der Waals surface area (Å²) in [6.07, 6.45) is 2.02. The van der Waals surface area contributed by atoms with Gasteiger partial charge in [-0.25, -0.2) is 0 Å². The third-order valence-corrected chi connectivity index (χ3v) is 2.49. The van der Waals surface area contributed by atoms with Crippen molar-refractivity contribution in [3.63, 3.8) is 0 Å². The first-order chi connectivity index (χ1) is 7.99. The maximum atomic E-state index is 10.9. The van der Waals surface area contributed by atoms with Crippen molar-refractivity contribution < 1.29 is 9.90 Å². The maximum absolute atomic E-state index is 10.9. The minimum Gasteiger partial charge on any atom is -0.548 e. The molecule has 92 valence electrons. The Labute approximate surface area is 106 Å². The van der Waals surface area contributed by atoms with Crippen LogP contribution in [0.1, 0.15) is 25.8 Å². The van der Waals surface area contributed by atoms with Crippen LogP contribution in [0.15, 0.2) is 29.3 Å². The molecule has 0 N–H and O–H groups in total. The van der Waals surface area contributed by atoms with Gasteiger partial charge in [-0.15, -0.1) is 0 Å². The second-order valence-electron chi connectivity index (χ2n) is 4.29. The van der Waals surface area contributed by atoms with Crippen molar-refractivity contribution in [1.82, 2.24) is 0 Å². The highest BCUT2D eigenvalue weighted by Crippen LogP contribution is 2.10. The zero-order chi connectivity index (χ0) is 12.8. The smallest absolute Gasteiger partial charge is 0.0895 e. The fraction of sp³-hybridized carbons (Fsp3) is 0.385. The van der Waals surface area contributed by atoms with Gasteiger partial charge in [0.15, 0.2) is 0 Å². The van der Waals surface area contributed by atoms with Crippen molar-refractivity contribution in [3.05, 3.63) is 34.9 Å². The summed E-state index contributed by atoms with van der Waals surface area (Å²) in [6.45, 7) is 3.90. The molecule has 4 heteroatoms. The molecule has 1 rings (SSSR count). The number of rotatable bonds is 5. The van der Waals surface area contributed by atoms with Gasteiger partial charge in [-0.1, -0.05) is 37.6 Å². The molecule has 0 spiro atoms. The molecular weight excluding hydrogens is 238 g/mol. The van der Waals surface area contributed by atoms with E-state index < -0.39 is 12.0 Å². The van der Waals surface area contributed by atoms with E-state index in [0.29, 0.717) is 11.4 Å². The maximum Gasteiger partial charge on any atom is 0.0895 e. The average Bonchev–Trinajstić information content (AvgIpc) is 2.25. The second-order valence-corrected chi connectivity index (χ2v) is 4.73. The predicted molar refractivity (Wildman–Crippen MR) is 67.3 cm³/mol. The molecule has 1 atom stereocenters. The Balaban J connectivity index is 2.72. The lowest BCUT2D eigenvalue weighted by atomic mass is 10.0. The van der Waals surface area contributed by atoms with Crippen molar-refractivity contribution >= 4 is 23.8 Å². The van der Waals surface area contributed by atoms with E-state index in [1.54, 1.807) is 30.5 Å². The summed E-state index contributed by atoms with van der Waals surface area (Å²) in [5.41, 5.74) is 0.824. The molecule has 0 radical (unpaired) electrons. The zero-order valence-corrected chi connectivity index (χ0v) is 10.6. The molecule has 0 heterocycles. The van der Waals surface area contributed by atoms with Gasteiger partial charge in [0, 0.05) is 11.2 Å². The first-order valence-electron chi connectivity index (χ1n) is 5.48. The summed E-state index contributed by atoms with van der Waals surface area (Å²) in [7, 11) is 0. The number of nitrogens with zero attached hydrogens (tertiary/aromatic N) is 1. The summed E-state index contributed by atoms with van der Waals surface area (Å²) in [4.78, 5) is 14.9. The second kappa shape index (κ2) is 6.40. The lowest BCUT2D eigenvalue weighted by Gasteiger charge is -2.15. The molecule has 0 saturated carbocycles. The van der Waals surface area contributed by atoms with Crippen LogP contribution in [-0.2, 0) is 4.79 Å². The van der Waals surface area contributed by atoms with E-state index in [9.17, 15) is 9.90 Å². The van der Waals surface area contributed by atoms with E-state index in [4.69, 9.17) is 11.6 Å². The van der Waals surface area contributed by atoms with Crippen LogP contribution >= 0.6 is 11.6 Å². The Hall–Kier alpha value is -1.35. The number of hydrogen-bond acceptors (Lipinski definition) is 3. The Morgan fingerprint density at radius 3 is 2.47 bits per heavy atom. The Kier molecular flexibility index (Phi) is 5.16. The van der Waals surface area contributed by atoms with Crippen LogP contribution in [-0.4, -0.2) is 18.2 Å². The number of benzene rings is 1. The number of aliphatic carboxylic acids is 1. The van der Waals surface area contributed by atoms with Crippen LogP contribution in [0.2, 0.25) is 5.02 Å². The van der Waals surface area contributed by atoms with Gasteiger partial charge < -0.3 is 9.90 Å². The fourth-order valence-electron chi connectivity index (χ4n) is 1.39. The van der Waals surface area contributed by atoms with E-state index in [0.717, 1.165) is 5.56 Å². The van der Waals surface area contributed by atoms with Gasteiger partial charge in [0.1, 0.15) is 0 Å². The molecule has 1 aromatic carbocycles. The van der Waals surface area contributed by atoms with Crippen molar-refractivity contribution in [1.29, 1.82) is 0 Å². The van der Waals surface area contributed by atoms with Gasteiger partial charge in [0.2, 0.25) is 0 Å². The first kappa shape index (κ1) is 13.7. The molecule has 3 nitrogen and oxygen atoms in total. The van der Waals surface area contributed by atoms with Gasteiger partial charge in [0.05, 0.1) is 12.0 Å². The summed E-state index contributed by atoms with van der Waals surface area (Å²) >= 11 is 5.75. The summed E-state index contributed by atoms with van der Waals surface area (Å²) in [6, 6.07) is 6.26. The Morgan fingerprint density at radius 1 is 1.41 bits per heavy atom. The minimum absolute atomic E-state index is 0.264. The summed E-state index contributed by atoms with van der Waals surface area (Å²) < 4.78 is 0. The van der Waals surface area contributed by atoms with E-state index in [-0.39, 0.29) is 5.92 Å². The Morgan fingerprint density at radius 2 is 2.00 bits per heavy atom. The van der Waals surface area contributed by atoms with E-state index in [2.05, 4.69) is 4.99 Å². The molecule has 0 saturated heterocycles. The number of hydrogen-bond donors (Lipinski definition) is 0. The molecule has 0 fully saturated rings. The molecule has 17 heavy (non-hydrogen) atoms. The molecule has 0 bridgehead atoms. The molecule has 0 aliphatic rings. The van der Waals surface area contributed by atoms with E-state index in [1.165, 1.54) is 0 Å².